The van der Waals surface area contributed by atoms with Gasteiger partial charge < -0.3 is 14.0 Å². The maximum atomic E-state index is 13.3. The van der Waals surface area contributed by atoms with Gasteiger partial charge in [-0.2, -0.15) is 8.78 Å². The Bertz CT molecular complexity index is 894. The molecule has 0 saturated heterocycles. The zero-order chi connectivity index (χ0) is 19.7. The zero-order valence-corrected chi connectivity index (χ0v) is 16.5. The number of carbonyl (C=O) groups is 2. The number of benzene rings is 2. The lowest BCUT2D eigenvalue weighted by Gasteiger charge is -2.17. The molecule has 0 aromatic heterocycles. The van der Waals surface area contributed by atoms with Crippen LogP contribution in [0, 0.1) is 0 Å². The molecule has 26 heavy (non-hydrogen) atoms. The van der Waals surface area contributed by atoms with E-state index in [1.54, 1.807) is 32.0 Å². The van der Waals surface area contributed by atoms with Crippen LogP contribution in [0.25, 0.3) is 10.8 Å². The Hall–Kier alpha value is -1.66. The third-order valence-electron chi connectivity index (χ3n) is 3.19. The highest BCUT2D eigenvalue weighted by Crippen LogP contribution is 2.35. The van der Waals surface area contributed by atoms with Crippen LogP contribution < -0.4 is 9.47 Å². The molecule has 0 saturated carbocycles. The van der Waals surface area contributed by atoms with Crippen LogP contribution in [0.4, 0.5) is 8.78 Å². The van der Waals surface area contributed by atoms with Crippen LogP contribution in [0.3, 0.4) is 0 Å². The van der Waals surface area contributed by atoms with E-state index in [-0.39, 0.29) is 16.9 Å². The van der Waals surface area contributed by atoms with Gasteiger partial charge in [-0.3, -0.25) is 4.79 Å². The van der Waals surface area contributed by atoms with Crippen LogP contribution in [0.1, 0.15) is 13.8 Å². The van der Waals surface area contributed by atoms with E-state index < -0.39 is 31.7 Å². The second-order valence-corrected chi connectivity index (χ2v) is 9.33. The first-order valence-corrected chi connectivity index (χ1v) is 9.27. The van der Waals surface area contributed by atoms with Gasteiger partial charge in [-0.05, 0) is 26.0 Å². The fourth-order valence-electron chi connectivity index (χ4n) is 1.87. The summed E-state index contributed by atoms with van der Waals surface area (Å²) in [5.74, 6) is -2.78. The van der Waals surface area contributed by atoms with Crippen LogP contribution in [-0.4, -0.2) is 29.4 Å². The van der Waals surface area contributed by atoms with Gasteiger partial charge in [0.1, 0.15) is 14.9 Å². The van der Waals surface area contributed by atoms with Crippen molar-refractivity contribution in [2.75, 3.05) is 0 Å². The molecule has 1 unspecified atom stereocenters. The molecule has 0 spiro atoms. The van der Waals surface area contributed by atoms with Crippen LogP contribution >= 0.6 is 22.6 Å². The first-order chi connectivity index (χ1) is 11.9. The Kier molecular flexibility index (Phi) is 5.98. The van der Waals surface area contributed by atoms with Gasteiger partial charge in [0.25, 0.3) is 0 Å². The molecule has 140 valence electrons. The second-order valence-electron chi connectivity index (χ2n) is 5.62. The van der Waals surface area contributed by atoms with Gasteiger partial charge in [0, 0.05) is 10.8 Å². The SMILES string of the molecule is CC(C)(I)C(=O)Oc1ccc(OC(=O)C(F)(F)S(=O)O)c2ccccc12. The topological polar surface area (TPSA) is 89.9 Å². The minimum absolute atomic E-state index is 0.160. The number of halogens is 3. The number of hydrogen-bond donors (Lipinski definition) is 1. The third-order valence-corrected chi connectivity index (χ3v) is 4.24. The van der Waals surface area contributed by atoms with Crippen molar-refractivity contribution in [2.45, 2.75) is 22.5 Å². The fraction of sp³-hybridized carbons (Fsp3) is 0.250. The smallest absolute Gasteiger partial charge is 0.425 e. The van der Waals surface area contributed by atoms with Crippen LogP contribution in [0.15, 0.2) is 36.4 Å². The van der Waals surface area contributed by atoms with Crippen molar-refractivity contribution in [1.29, 1.82) is 0 Å². The lowest BCUT2D eigenvalue weighted by atomic mass is 10.1. The highest BCUT2D eigenvalue weighted by Gasteiger charge is 2.48. The first kappa shape index (κ1) is 20.6. The fourth-order valence-corrected chi connectivity index (χ4v) is 2.17. The van der Waals surface area contributed by atoms with Gasteiger partial charge in [0.05, 0.1) is 0 Å². The number of rotatable bonds is 5. The Morgan fingerprint density at radius 3 is 1.81 bits per heavy atom. The van der Waals surface area contributed by atoms with Gasteiger partial charge in [-0.1, -0.05) is 46.9 Å². The van der Waals surface area contributed by atoms with Crippen LogP contribution in [-0.2, 0) is 20.7 Å². The average molecular weight is 498 g/mol. The summed E-state index contributed by atoms with van der Waals surface area (Å²) in [5.41, 5.74) is 0. The lowest BCUT2D eigenvalue weighted by Crippen LogP contribution is -2.37. The first-order valence-electron chi connectivity index (χ1n) is 7.08. The molecular formula is C16H13F2IO6S. The van der Waals surface area contributed by atoms with E-state index >= 15 is 0 Å². The lowest BCUT2D eigenvalue weighted by molar-refractivity contribution is -0.150. The van der Waals surface area contributed by atoms with E-state index in [1.807, 2.05) is 22.6 Å². The van der Waals surface area contributed by atoms with Gasteiger partial charge in [0.2, 0.25) is 11.1 Å². The maximum absolute atomic E-state index is 13.3. The third kappa shape index (κ3) is 4.35. The number of alkyl halides is 3. The summed E-state index contributed by atoms with van der Waals surface area (Å²) in [6.07, 6.45) is 0. The Balaban J connectivity index is 2.43. The molecule has 0 fully saturated rings. The number of ether oxygens (including phenoxy) is 2. The molecule has 2 rings (SSSR count). The summed E-state index contributed by atoms with van der Waals surface area (Å²) in [6, 6.07) is 8.67. The molecule has 1 N–H and O–H groups in total. The average Bonchev–Trinajstić information content (AvgIpc) is 2.55. The number of fused-ring (bicyclic) bond motifs is 1. The van der Waals surface area contributed by atoms with Crippen molar-refractivity contribution in [3.05, 3.63) is 36.4 Å². The maximum Gasteiger partial charge on any atom is 0.439 e. The van der Waals surface area contributed by atoms with Gasteiger partial charge >= 0.3 is 17.2 Å². The summed E-state index contributed by atoms with van der Waals surface area (Å²) in [5, 5.41) is -4.01. The second kappa shape index (κ2) is 7.53. The Labute approximate surface area is 163 Å². The van der Waals surface area contributed by atoms with Crippen molar-refractivity contribution in [3.8, 4) is 11.5 Å². The summed E-state index contributed by atoms with van der Waals surface area (Å²) in [4.78, 5) is 23.6. The molecule has 0 radical (unpaired) electrons. The standard InChI is InChI=1S/C16H13F2IO6S/c1-15(2,19)13(20)24-11-7-8-12(10-6-4-3-5-9(10)11)25-14(21)16(17,18)26(22)23/h3-8H,1-2H3,(H,22,23). The molecule has 0 aliphatic rings. The normalized spacial score (nSPS) is 13.3. The van der Waals surface area contributed by atoms with E-state index in [4.69, 9.17) is 9.29 Å². The molecule has 0 bridgehead atoms. The summed E-state index contributed by atoms with van der Waals surface area (Å²) in [6.45, 7) is 3.32. The minimum atomic E-state index is -4.57. The molecular weight excluding hydrogens is 485 g/mol. The molecule has 2 aromatic carbocycles. The summed E-state index contributed by atoms with van der Waals surface area (Å²) < 4.78 is 54.9. The van der Waals surface area contributed by atoms with Crippen LogP contribution in [0.5, 0.6) is 11.5 Å². The van der Waals surface area contributed by atoms with Gasteiger partial charge in [0.15, 0.2) is 0 Å². The molecule has 0 heterocycles. The number of esters is 2. The predicted octanol–water partition coefficient (Wildman–Crippen LogP) is 3.68. The predicted molar refractivity (Wildman–Crippen MR) is 99.0 cm³/mol. The Morgan fingerprint density at radius 1 is 1.00 bits per heavy atom. The molecule has 1 atom stereocenters. The van der Waals surface area contributed by atoms with E-state index in [0.29, 0.717) is 5.39 Å². The largest absolute Gasteiger partial charge is 0.439 e. The van der Waals surface area contributed by atoms with Crippen molar-refractivity contribution < 1.29 is 36.6 Å². The molecule has 2 aromatic rings. The van der Waals surface area contributed by atoms with Crippen molar-refractivity contribution in [3.63, 3.8) is 0 Å². The number of hydrogen-bond acceptors (Lipinski definition) is 5. The van der Waals surface area contributed by atoms with Crippen molar-refractivity contribution in [2.24, 2.45) is 0 Å². The quantitative estimate of drug-likeness (QED) is 0.223. The zero-order valence-electron chi connectivity index (χ0n) is 13.5. The van der Waals surface area contributed by atoms with Gasteiger partial charge in [-0.15, -0.1) is 0 Å². The van der Waals surface area contributed by atoms with Crippen molar-refractivity contribution >= 4 is 56.4 Å². The summed E-state index contributed by atoms with van der Waals surface area (Å²) in [7, 11) is 0. The summed E-state index contributed by atoms with van der Waals surface area (Å²) >= 11 is -1.80. The minimum Gasteiger partial charge on any atom is -0.425 e. The van der Waals surface area contributed by atoms with E-state index in [1.165, 1.54) is 18.2 Å². The highest BCUT2D eigenvalue weighted by atomic mass is 127. The van der Waals surface area contributed by atoms with Gasteiger partial charge in [-0.25, -0.2) is 9.00 Å². The van der Waals surface area contributed by atoms with Crippen molar-refractivity contribution in [1.82, 2.24) is 0 Å². The molecule has 0 amide bonds. The number of carbonyl (C=O) groups excluding carboxylic acids is 2. The van der Waals surface area contributed by atoms with Crippen LogP contribution in [0.2, 0.25) is 0 Å². The molecule has 0 aliphatic heterocycles. The molecule has 6 nitrogen and oxygen atoms in total. The highest BCUT2D eigenvalue weighted by molar-refractivity contribution is 14.1. The molecule has 10 heteroatoms. The monoisotopic (exact) mass is 498 g/mol. The Morgan fingerprint density at radius 2 is 1.42 bits per heavy atom. The molecule has 0 aliphatic carbocycles. The van der Waals surface area contributed by atoms with E-state index in [0.717, 1.165) is 0 Å². The van der Waals surface area contributed by atoms with E-state index in [2.05, 4.69) is 4.74 Å². The van der Waals surface area contributed by atoms with E-state index in [9.17, 15) is 22.6 Å².